The van der Waals surface area contributed by atoms with E-state index in [0.717, 1.165) is 32.7 Å². The first-order valence-electron chi connectivity index (χ1n) is 6.29. The molecule has 0 amide bonds. The molecular formula is C13H17BrFN3S. The number of rotatable bonds is 3. The lowest BCUT2D eigenvalue weighted by atomic mass is 10.1. The van der Waals surface area contributed by atoms with E-state index in [0.29, 0.717) is 15.7 Å². The molecule has 6 heteroatoms. The summed E-state index contributed by atoms with van der Waals surface area (Å²) >= 11 is 8.15. The fourth-order valence-electron chi connectivity index (χ4n) is 2.28. The van der Waals surface area contributed by atoms with Crippen molar-refractivity contribution >= 4 is 38.8 Å². The molecule has 1 aliphatic heterocycles. The zero-order chi connectivity index (χ0) is 14.0. The summed E-state index contributed by atoms with van der Waals surface area (Å²) in [6.45, 7) is 6.78. The maximum absolute atomic E-state index is 14.4. The van der Waals surface area contributed by atoms with Crippen molar-refractivity contribution < 1.29 is 4.39 Å². The van der Waals surface area contributed by atoms with Gasteiger partial charge in [-0.05, 0) is 34.6 Å². The van der Waals surface area contributed by atoms with Gasteiger partial charge in [-0.15, -0.1) is 0 Å². The third-order valence-electron chi connectivity index (χ3n) is 3.49. The number of likely N-dealkylation sites (N-methyl/N-ethyl adjacent to an activating group) is 1. The maximum Gasteiger partial charge on any atom is 0.161 e. The topological polar surface area (TPSA) is 32.5 Å². The third-order valence-corrected chi connectivity index (χ3v) is 4.48. The van der Waals surface area contributed by atoms with Gasteiger partial charge in [0.15, 0.2) is 5.82 Å². The molecule has 0 unspecified atom stereocenters. The van der Waals surface area contributed by atoms with E-state index in [9.17, 15) is 4.39 Å². The van der Waals surface area contributed by atoms with Crippen molar-refractivity contribution in [3.63, 3.8) is 0 Å². The predicted octanol–water partition coefficient (Wildman–Crippen LogP) is 2.36. The highest BCUT2D eigenvalue weighted by molar-refractivity contribution is 9.10. The van der Waals surface area contributed by atoms with Gasteiger partial charge in [-0.2, -0.15) is 0 Å². The zero-order valence-electron chi connectivity index (χ0n) is 10.8. The summed E-state index contributed by atoms with van der Waals surface area (Å²) in [6.07, 6.45) is 0. The van der Waals surface area contributed by atoms with Crippen LogP contribution in [-0.4, -0.2) is 42.6 Å². The number of nitrogens with two attached hydrogens (primary N) is 1. The predicted molar refractivity (Wildman–Crippen MR) is 84.3 cm³/mol. The SMILES string of the molecule is CCN1CCN(c2ccc(C(N)=S)c(Br)c2F)CC1. The Hall–Kier alpha value is -0.720. The Kier molecular flexibility index (Phi) is 4.76. The lowest BCUT2D eigenvalue weighted by Crippen LogP contribution is -2.46. The van der Waals surface area contributed by atoms with Gasteiger partial charge in [0.05, 0.1) is 10.2 Å². The lowest BCUT2D eigenvalue weighted by molar-refractivity contribution is 0.270. The molecule has 0 aliphatic carbocycles. The Bertz CT molecular complexity index is 487. The second kappa shape index (κ2) is 6.15. The van der Waals surface area contributed by atoms with E-state index in [1.165, 1.54) is 0 Å². The molecule has 1 aromatic carbocycles. The number of halogens is 2. The third kappa shape index (κ3) is 3.07. The minimum atomic E-state index is -0.282. The van der Waals surface area contributed by atoms with Crippen molar-refractivity contribution in [3.8, 4) is 0 Å². The summed E-state index contributed by atoms with van der Waals surface area (Å²) in [7, 11) is 0. The van der Waals surface area contributed by atoms with Gasteiger partial charge in [-0.3, -0.25) is 0 Å². The molecule has 19 heavy (non-hydrogen) atoms. The molecule has 0 spiro atoms. The zero-order valence-corrected chi connectivity index (χ0v) is 13.2. The molecule has 0 aromatic heterocycles. The minimum Gasteiger partial charge on any atom is -0.389 e. The molecule has 0 bridgehead atoms. The fourth-order valence-corrected chi connectivity index (χ4v) is 3.13. The molecule has 2 rings (SSSR count). The van der Waals surface area contributed by atoms with Crippen LogP contribution in [0.4, 0.5) is 10.1 Å². The van der Waals surface area contributed by atoms with E-state index in [2.05, 4.69) is 32.7 Å². The standard InChI is InChI=1S/C13H17BrFN3S/c1-2-17-5-7-18(8-6-17)10-4-3-9(13(16)19)11(14)12(10)15/h3-4H,2,5-8H2,1H3,(H2,16,19). The summed E-state index contributed by atoms with van der Waals surface area (Å²) < 4.78 is 14.7. The number of piperazine rings is 1. The van der Waals surface area contributed by atoms with Crippen molar-refractivity contribution in [2.75, 3.05) is 37.6 Å². The summed E-state index contributed by atoms with van der Waals surface area (Å²) in [6, 6.07) is 3.53. The van der Waals surface area contributed by atoms with Crippen LogP contribution in [0, 0.1) is 5.82 Å². The van der Waals surface area contributed by atoms with Crippen LogP contribution in [0.25, 0.3) is 0 Å². The van der Waals surface area contributed by atoms with E-state index in [-0.39, 0.29) is 10.8 Å². The first kappa shape index (κ1) is 14.7. The summed E-state index contributed by atoms with van der Waals surface area (Å²) in [4.78, 5) is 4.62. The van der Waals surface area contributed by atoms with Gasteiger partial charge in [0.1, 0.15) is 4.99 Å². The van der Waals surface area contributed by atoms with E-state index >= 15 is 0 Å². The molecule has 0 radical (unpaired) electrons. The van der Waals surface area contributed by atoms with Gasteiger partial charge in [-0.25, -0.2) is 4.39 Å². The van der Waals surface area contributed by atoms with Crippen molar-refractivity contribution in [2.45, 2.75) is 6.92 Å². The first-order chi connectivity index (χ1) is 9.04. The average Bonchev–Trinajstić information content (AvgIpc) is 2.41. The molecule has 1 aromatic rings. The van der Waals surface area contributed by atoms with Crippen LogP contribution in [0.5, 0.6) is 0 Å². The van der Waals surface area contributed by atoms with E-state index in [1.807, 2.05) is 0 Å². The molecule has 1 saturated heterocycles. The van der Waals surface area contributed by atoms with Crippen molar-refractivity contribution in [3.05, 3.63) is 28.0 Å². The van der Waals surface area contributed by atoms with Crippen LogP contribution in [-0.2, 0) is 0 Å². The Morgan fingerprint density at radius 2 is 2.00 bits per heavy atom. The van der Waals surface area contributed by atoms with Gasteiger partial charge < -0.3 is 15.5 Å². The van der Waals surface area contributed by atoms with Gasteiger partial charge in [0.2, 0.25) is 0 Å². The van der Waals surface area contributed by atoms with Crippen molar-refractivity contribution in [2.24, 2.45) is 5.73 Å². The number of nitrogens with zero attached hydrogens (tertiary/aromatic N) is 2. The number of thiocarbonyl (C=S) groups is 1. The number of anilines is 1. The van der Waals surface area contributed by atoms with E-state index < -0.39 is 0 Å². The van der Waals surface area contributed by atoms with Crippen LogP contribution in [0.3, 0.4) is 0 Å². The van der Waals surface area contributed by atoms with Gasteiger partial charge in [0.25, 0.3) is 0 Å². The molecule has 1 heterocycles. The Morgan fingerprint density at radius 1 is 1.37 bits per heavy atom. The van der Waals surface area contributed by atoms with E-state index in [4.69, 9.17) is 18.0 Å². The quantitative estimate of drug-likeness (QED) is 0.852. The Morgan fingerprint density at radius 3 is 2.53 bits per heavy atom. The van der Waals surface area contributed by atoms with Crippen molar-refractivity contribution in [1.29, 1.82) is 0 Å². The van der Waals surface area contributed by atoms with Crippen molar-refractivity contribution in [1.82, 2.24) is 4.90 Å². The van der Waals surface area contributed by atoms with Crippen LogP contribution < -0.4 is 10.6 Å². The maximum atomic E-state index is 14.4. The normalized spacial score (nSPS) is 16.7. The summed E-state index contributed by atoms with van der Waals surface area (Å²) in [5, 5.41) is 0. The summed E-state index contributed by atoms with van der Waals surface area (Å²) in [5.41, 5.74) is 6.72. The van der Waals surface area contributed by atoms with Gasteiger partial charge >= 0.3 is 0 Å². The molecule has 2 N–H and O–H groups in total. The number of hydrogen-bond donors (Lipinski definition) is 1. The molecule has 0 saturated carbocycles. The van der Waals surface area contributed by atoms with Gasteiger partial charge in [0, 0.05) is 31.7 Å². The summed E-state index contributed by atoms with van der Waals surface area (Å²) in [5.74, 6) is -0.282. The van der Waals surface area contributed by atoms with Crippen LogP contribution in [0.1, 0.15) is 12.5 Å². The Labute approximate surface area is 126 Å². The van der Waals surface area contributed by atoms with Gasteiger partial charge in [-0.1, -0.05) is 19.1 Å². The average molecular weight is 346 g/mol. The number of benzene rings is 1. The molecule has 1 fully saturated rings. The molecule has 104 valence electrons. The molecular weight excluding hydrogens is 329 g/mol. The molecule has 1 aliphatic rings. The number of hydrogen-bond acceptors (Lipinski definition) is 3. The Balaban J connectivity index is 2.22. The second-order valence-corrected chi connectivity index (χ2v) is 5.78. The van der Waals surface area contributed by atoms with Crippen LogP contribution in [0.15, 0.2) is 16.6 Å². The lowest BCUT2D eigenvalue weighted by Gasteiger charge is -2.35. The van der Waals surface area contributed by atoms with E-state index in [1.54, 1.807) is 12.1 Å². The smallest absolute Gasteiger partial charge is 0.161 e. The van der Waals surface area contributed by atoms with Crippen LogP contribution >= 0.6 is 28.1 Å². The highest BCUT2D eigenvalue weighted by Gasteiger charge is 2.21. The first-order valence-corrected chi connectivity index (χ1v) is 7.49. The fraction of sp³-hybridized carbons (Fsp3) is 0.462. The largest absolute Gasteiger partial charge is 0.389 e. The molecule has 0 atom stereocenters. The molecule has 3 nitrogen and oxygen atoms in total. The second-order valence-electron chi connectivity index (χ2n) is 4.55. The minimum absolute atomic E-state index is 0.202. The monoisotopic (exact) mass is 345 g/mol. The highest BCUT2D eigenvalue weighted by atomic mass is 79.9. The highest BCUT2D eigenvalue weighted by Crippen LogP contribution is 2.30. The van der Waals surface area contributed by atoms with Crippen LogP contribution in [0.2, 0.25) is 0 Å².